The van der Waals surface area contributed by atoms with Crippen LogP contribution < -0.4 is 10.2 Å². The van der Waals surface area contributed by atoms with Gasteiger partial charge in [-0.1, -0.05) is 30.3 Å². The second-order valence-corrected chi connectivity index (χ2v) is 5.89. The Labute approximate surface area is 125 Å². The molecule has 0 bridgehead atoms. The minimum atomic E-state index is 0.357. The Kier molecular flexibility index (Phi) is 5.56. The fourth-order valence-electron chi connectivity index (χ4n) is 2.13. The van der Waals surface area contributed by atoms with Gasteiger partial charge in [0, 0.05) is 36.8 Å². The molecule has 0 aliphatic rings. The van der Waals surface area contributed by atoms with Crippen LogP contribution in [0.25, 0.3) is 0 Å². The first-order valence-electron chi connectivity index (χ1n) is 7.22. The van der Waals surface area contributed by atoms with Crippen LogP contribution in [0.5, 0.6) is 0 Å². The van der Waals surface area contributed by atoms with Gasteiger partial charge < -0.3 is 10.2 Å². The first-order valence-corrected chi connectivity index (χ1v) is 8.04. The largest absolute Gasteiger partial charge is 0.349 e. The molecular formula is C16H23N3S. The maximum Gasteiger partial charge on any atom is 0.185 e. The van der Waals surface area contributed by atoms with E-state index in [1.54, 1.807) is 11.3 Å². The van der Waals surface area contributed by atoms with Gasteiger partial charge in [0.05, 0.1) is 0 Å². The van der Waals surface area contributed by atoms with E-state index in [0.717, 1.165) is 24.8 Å². The predicted octanol–water partition coefficient (Wildman–Crippen LogP) is 3.84. The van der Waals surface area contributed by atoms with Gasteiger partial charge in [0.2, 0.25) is 0 Å². The van der Waals surface area contributed by atoms with E-state index in [-0.39, 0.29) is 0 Å². The van der Waals surface area contributed by atoms with Crippen molar-refractivity contribution in [3.8, 4) is 0 Å². The lowest BCUT2D eigenvalue weighted by atomic mass is 10.1. The Bertz CT molecular complexity index is 505. The van der Waals surface area contributed by atoms with Gasteiger partial charge in [0.25, 0.3) is 0 Å². The fraction of sp³-hybridized carbons (Fsp3) is 0.438. The normalized spacial score (nSPS) is 12.3. The summed E-state index contributed by atoms with van der Waals surface area (Å²) in [6.07, 6.45) is 1.99. The molecule has 108 valence electrons. The Morgan fingerprint density at radius 3 is 2.55 bits per heavy atom. The van der Waals surface area contributed by atoms with Crippen molar-refractivity contribution in [2.24, 2.45) is 0 Å². The summed E-state index contributed by atoms with van der Waals surface area (Å²) < 4.78 is 0. The summed E-state index contributed by atoms with van der Waals surface area (Å²) in [4.78, 5) is 8.09. The van der Waals surface area contributed by atoms with E-state index < -0.39 is 0 Å². The smallest absolute Gasteiger partial charge is 0.185 e. The van der Waals surface area contributed by atoms with E-state index in [4.69, 9.17) is 0 Å². The molecule has 3 nitrogen and oxygen atoms in total. The van der Waals surface area contributed by atoms with Gasteiger partial charge in [-0.05, 0) is 26.3 Å². The van der Waals surface area contributed by atoms with Crippen molar-refractivity contribution in [2.75, 3.05) is 18.0 Å². The van der Waals surface area contributed by atoms with Gasteiger partial charge in [0.15, 0.2) is 5.13 Å². The van der Waals surface area contributed by atoms with Gasteiger partial charge >= 0.3 is 0 Å². The number of hydrogen-bond acceptors (Lipinski definition) is 4. The van der Waals surface area contributed by atoms with E-state index in [1.165, 1.54) is 10.4 Å². The van der Waals surface area contributed by atoms with E-state index >= 15 is 0 Å². The molecule has 0 radical (unpaired) electrons. The van der Waals surface area contributed by atoms with Crippen LogP contribution in [0.4, 0.5) is 5.13 Å². The highest BCUT2D eigenvalue weighted by Crippen LogP contribution is 2.23. The van der Waals surface area contributed by atoms with Crippen LogP contribution in [0.2, 0.25) is 0 Å². The van der Waals surface area contributed by atoms with E-state index in [9.17, 15) is 0 Å². The minimum Gasteiger partial charge on any atom is -0.349 e. The van der Waals surface area contributed by atoms with Gasteiger partial charge in [0.1, 0.15) is 0 Å². The first-order chi connectivity index (χ1) is 9.74. The Morgan fingerprint density at radius 2 is 1.90 bits per heavy atom. The summed E-state index contributed by atoms with van der Waals surface area (Å²) in [6, 6.07) is 10.9. The Hall–Kier alpha value is -1.39. The maximum absolute atomic E-state index is 4.51. The molecule has 1 unspecified atom stereocenters. The molecule has 2 rings (SSSR count). The second kappa shape index (κ2) is 7.41. The topological polar surface area (TPSA) is 28.2 Å². The van der Waals surface area contributed by atoms with Gasteiger partial charge in [-0.15, -0.1) is 11.3 Å². The maximum atomic E-state index is 4.51. The molecule has 0 saturated heterocycles. The van der Waals surface area contributed by atoms with Crippen molar-refractivity contribution in [3.63, 3.8) is 0 Å². The average molecular weight is 289 g/mol. The van der Waals surface area contributed by atoms with Crippen molar-refractivity contribution >= 4 is 16.5 Å². The molecule has 0 amide bonds. The highest BCUT2D eigenvalue weighted by Gasteiger charge is 2.09. The molecule has 4 heteroatoms. The molecule has 1 aromatic heterocycles. The first kappa shape index (κ1) is 15.0. The molecule has 0 fully saturated rings. The summed E-state index contributed by atoms with van der Waals surface area (Å²) in [5.41, 5.74) is 1.32. The van der Waals surface area contributed by atoms with Crippen LogP contribution in [0.3, 0.4) is 0 Å². The molecule has 0 aliphatic carbocycles. The third-order valence-electron chi connectivity index (χ3n) is 3.46. The number of hydrogen-bond donors (Lipinski definition) is 1. The molecule has 2 aromatic rings. The van der Waals surface area contributed by atoms with Crippen molar-refractivity contribution in [2.45, 2.75) is 33.4 Å². The lowest BCUT2D eigenvalue weighted by Crippen LogP contribution is -2.21. The summed E-state index contributed by atoms with van der Waals surface area (Å²) in [7, 11) is 0. The van der Waals surface area contributed by atoms with Crippen molar-refractivity contribution in [1.82, 2.24) is 10.3 Å². The number of thiazole rings is 1. The van der Waals surface area contributed by atoms with Crippen LogP contribution in [-0.4, -0.2) is 18.1 Å². The number of nitrogens with one attached hydrogen (secondary N) is 1. The quantitative estimate of drug-likeness (QED) is 0.839. The lowest BCUT2D eigenvalue weighted by Gasteiger charge is -2.16. The molecule has 0 spiro atoms. The minimum absolute atomic E-state index is 0.357. The Morgan fingerprint density at radius 1 is 1.20 bits per heavy atom. The van der Waals surface area contributed by atoms with E-state index in [2.05, 4.69) is 66.3 Å². The molecular weight excluding hydrogens is 266 g/mol. The fourth-order valence-corrected chi connectivity index (χ4v) is 3.12. The van der Waals surface area contributed by atoms with Crippen LogP contribution >= 0.6 is 11.3 Å². The Balaban J connectivity index is 1.91. The van der Waals surface area contributed by atoms with Crippen LogP contribution in [0.1, 0.15) is 37.3 Å². The van der Waals surface area contributed by atoms with Gasteiger partial charge in [-0.25, -0.2) is 4.98 Å². The summed E-state index contributed by atoms with van der Waals surface area (Å²) in [5, 5.41) is 4.68. The zero-order chi connectivity index (χ0) is 14.4. The third kappa shape index (κ3) is 3.81. The average Bonchev–Trinajstić information content (AvgIpc) is 2.96. The SMILES string of the molecule is CCN(CC)c1ncc(CNC(C)c2ccccc2)s1. The molecule has 0 aliphatic heterocycles. The summed E-state index contributed by atoms with van der Waals surface area (Å²) in [6.45, 7) is 9.42. The molecule has 1 atom stereocenters. The number of anilines is 1. The number of aromatic nitrogens is 1. The van der Waals surface area contributed by atoms with E-state index in [0.29, 0.717) is 6.04 Å². The molecule has 1 N–H and O–H groups in total. The zero-order valence-corrected chi connectivity index (χ0v) is 13.3. The standard InChI is InChI=1S/C16H23N3S/c1-4-19(5-2)16-18-12-15(20-16)11-17-13(3)14-9-7-6-8-10-14/h6-10,12-13,17H,4-5,11H2,1-3H3. The third-order valence-corrected chi connectivity index (χ3v) is 4.52. The van der Waals surface area contributed by atoms with Crippen LogP contribution in [0.15, 0.2) is 36.5 Å². The summed E-state index contributed by atoms with van der Waals surface area (Å²) >= 11 is 1.78. The monoisotopic (exact) mass is 289 g/mol. The number of rotatable bonds is 7. The van der Waals surface area contributed by atoms with Gasteiger partial charge in [-0.3, -0.25) is 0 Å². The van der Waals surface area contributed by atoms with Crippen LogP contribution in [-0.2, 0) is 6.54 Å². The molecule has 20 heavy (non-hydrogen) atoms. The summed E-state index contributed by atoms with van der Waals surface area (Å²) in [5.74, 6) is 0. The number of nitrogens with zero attached hydrogens (tertiary/aromatic N) is 2. The lowest BCUT2D eigenvalue weighted by molar-refractivity contribution is 0.578. The zero-order valence-electron chi connectivity index (χ0n) is 12.5. The van der Waals surface area contributed by atoms with Crippen molar-refractivity contribution in [1.29, 1.82) is 0 Å². The highest BCUT2D eigenvalue weighted by molar-refractivity contribution is 7.15. The van der Waals surface area contributed by atoms with Crippen molar-refractivity contribution < 1.29 is 0 Å². The van der Waals surface area contributed by atoms with Crippen molar-refractivity contribution in [3.05, 3.63) is 47.0 Å². The highest BCUT2D eigenvalue weighted by atomic mass is 32.1. The van der Waals surface area contributed by atoms with Gasteiger partial charge in [-0.2, -0.15) is 0 Å². The molecule has 1 aromatic carbocycles. The number of benzene rings is 1. The molecule has 1 heterocycles. The van der Waals surface area contributed by atoms with Crippen LogP contribution in [0, 0.1) is 0 Å². The van der Waals surface area contributed by atoms with E-state index in [1.807, 2.05) is 6.20 Å². The predicted molar refractivity (Wildman–Crippen MR) is 87.4 cm³/mol. The molecule has 0 saturated carbocycles. The second-order valence-electron chi connectivity index (χ2n) is 4.79.